The highest BCUT2D eigenvalue weighted by molar-refractivity contribution is 5.75. The molecule has 0 unspecified atom stereocenters. The lowest BCUT2D eigenvalue weighted by molar-refractivity contribution is -0.105. The Kier molecular flexibility index (Phi) is 1.26. The van der Waals surface area contributed by atoms with E-state index in [1.165, 1.54) is 18.4 Å². The number of carbonyl (C=O) groups is 1. The monoisotopic (exact) mass is 137 g/mol. The van der Waals surface area contributed by atoms with Gasteiger partial charge in [0.25, 0.3) is 0 Å². The van der Waals surface area contributed by atoms with Crippen molar-refractivity contribution in [3.63, 3.8) is 0 Å². The van der Waals surface area contributed by atoms with Crippen LogP contribution in [0.15, 0.2) is 11.3 Å². The molecule has 0 saturated heterocycles. The van der Waals surface area contributed by atoms with Crippen LogP contribution < -0.4 is 5.32 Å². The largest absolute Gasteiger partial charge is 0.380 e. The van der Waals surface area contributed by atoms with Gasteiger partial charge in [-0.25, -0.2) is 0 Å². The van der Waals surface area contributed by atoms with Gasteiger partial charge < -0.3 is 5.32 Å². The van der Waals surface area contributed by atoms with Crippen molar-refractivity contribution in [2.75, 3.05) is 0 Å². The summed E-state index contributed by atoms with van der Waals surface area (Å²) in [4.78, 5) is 10.4. The van der Waals surface area contributed by atoms with Crippen LogP contribution in [0.1, 0.15) is 25.7 Å². The summed E-state index contributed by atoms with van der Waals surface area (Å²) in [6.07, 6.45) is 5.71. The van der Waals surface area contributed by atoms with Gasteiger partial charge in [-0.15, -0.1) is 0 Å². The van der Waals surface area contributed by atoms with Crippen molar-refractivity contribution in [3.8, 4) is 0 Å². The number of hydrogen-bond donors (Lipinski definition) is 1. The molecule has 0 bridgehead atoms. The second kappa shape index (κ2) is 2.11. The van der Waals surface area contributed by atoms with Crippen LogP contribution in [0.4, 0.5) is 0 Å². The molecular formula is C8H11NO. The first-order valence-electron chi connectivity index (χ1n) is 3.84. The van der Waals surface area contributed by atoms with Gasteiger partial charge in [0.15, 0.2) is 6.29 Å². The van der Waals surface area contributed by atoms with E-state index in [1.807, 2.05) is 0 Å². The van der Waals surface area contributed by atoms with Gasteiger partial charge in [0, 0.05) is 6.04 Å². The molecule has 2 fully saturated rings. The maximum absolute atomic E-state index is 10.4. The molecule has 0 aliphatic heterocycles. The van der Waals surface area contributed by atoms with E-state index in [-0.39, 0.29) is 0 Å². The van der Waals surface area contributed by atoms with E-state index in [0.717, 1.165) is 24.8 Å². The Morgan fingerprint density at radius 3 is 2.60 bits per heavy atom. The van der Waals surface area contributed by atoms with Gasteiger partial charge in [0.1, 0.15) is 0 Å². The van der Waals surface area contributed by atoms with Crippen molar-refractivity contribution in [2.24, 2.45) is 0 Å². The lowest BCUT2D eigenvalue weighted by Gasteiger charge is -2.00. The smallest absolute Gasteiger partial charge is 0.165 e. The molecule has 2 nitrogen and oxygen atoms in total. The molecule has 0 aromatic rings. The van der Waals surface area contributed by atoms with E-state index in [9.17, 15) is 4.79 Å². The lowest BCUT2D eigenvalue weighted by atomic mass is 10.4. The molecule has 0 heterocycles. The van der Waals surface area contributed by atoms with Gasteiger partial charge in [-0.3, -0.25) is 4.79 Å². The van der Waals surface area contributed by atoms with Gasteiger partial charge >= 0.3 is 0 Å². The van der Waals surface area contributed by atoms with Crippen molar-refractivity contribution in [2.45, 2.75) is 31.7 Å². The van der Waals surface area contributed by atoms with Crippen LogP contribution in [0.5, 0.6) is 0 Å². The zero-order valence-electron chi connectivity index (χ0n) is 5.89. The van der Waals surface area contributed by atoms with E-state index in [4.69, 9.17) is 0 Å². The fourth-order valence-electron chi connectivity index (χ4n) is 0.999. The van der Waals surface area contributed by atoms with Gasteiger partial charge in [0.2, 0.25) is 0 Å². The third-order valence-electron chi connectivity index (χ3n) is 1.94. The van der Waals surface area contributed by atoms with Gasteiger partial charge in [-0.1, -0.05) is 0 Å². The first kappa shape index (κ1) is 5.96. The molecule has 0 amide bonds. The highest BCUT2D eigenvalue weighted by Crippen LogP contribution is 2.31. The Labute approximate surface area is 60.3 Å². The van der Waals surface area contributed by atoms with Gasteiger partial charge in [-0.05, 0) is 31.3 Å². The third kappa shape index (κ3) is 1.20. The van der Waals surface area contributed by atoms with Crippen molar-refractivity contribution in [1.82, 2.24) is 5.32 Å². The standard InChI is InChI=1S/C8H11NO/c10-5-8(6-1-2-6)9-7-3-4-7/h5,7,9H,1-4H2. The molecule has 54 valence electrons. The number of rotatable bonds is 3. The summed E-state index contributed by atoms with van der Waals surface area (Å²) >= 11 is 0. The summed E-state index contributed by atoms with van der Waals surface area (Å²) in [5.74, 6) is 0. The van der Waals surface area contributed by atoms with Gasteiger partial charge in [-0.2, -0.15) is 0 Å². The van der Waals surface area contributed by atoms with Crippen LogP contribution in [0, 0.1) is 0 Å². The number of hydrogen-bond acceptors (Lipinski definition) is 2. The highest BCUT2D eigenvalue weighted by atomic mass is 16.1. The second-order valence-electron chi connectivity index (χ2n) is 3.05. The van der Waals surface area contributed by atoms with Crippen molar-refractivity contribution >= 4 is 6.29 Å². The normalized spacial score (nSPS) is 22.2. The molecule has 0 aromatic heterocycles. The molecule has 0 spiro atoms. The van der Waals surface area contributed by atoms with Crippen LogP contribution in [0.25, 0.3) is 0 Å². The molecule has 0 radical (unpaired) electrons. The van der Waals surface area contributed by atoms with Crippen LogP contribution in [0.2, 0.25) is 0 Å². The van der Waals surface area contributed by atoms with Gasteiger partial charge in [0.05, 0.1) is 5.70 Å². The maximum Gasteiger partial charge on any atom is 0.165 e. The first-order chi connectivity index (χ1) is 4.90. The molecule has 2 aliphatic rings. The van der Waals surface area contributed by atoms with Crippen LogP contribution in [-0.2, 0) is 4.79 Å². The maximum atomic E-state index is 10.4. The average molecular weight is 137 g/mol. The summed E-state index contributed by atoms with van der Waals surface area (Å²) < 4.78 is 0. The Morgan fingerprint density at radius 2 is 2.20 bits per heavy atom. The molecule has 1 N–H and O–H groups in total. The summed E-state index contributed by atoms with van der Waals surface area (Å²) in [5, 5.41) is 3.21. The number of carbonyl (C=O) groups excluding carboxylic acids is 1. The molecule has 0 aromatic carbocycles. The molecule has 0 atom stereocenters. The number of nitrogens with one attached hydrogen (secondary N) is 1. The van der Waals surface area contributed by atoms with E-state index in [1.54, 1.807) is 0 Å². The third-order valence-corrected chi connectivity index (χ3v) is 1.94. The number of allylic oxidation sites excluding steroid dienone is 2. The lowest BCUT2D eigenvalue weighted by Crippen LogP contribution is -2.16. The van der Waals surface area contributed by atoms with E-state index in [0.29, 0.717) is 6.04 Å². The second-order valence-corrected chi connectivity index (χ2v) is 3.05. The molecule has 2 saturated carbocycles. The molecule has 2 rings (SSSR count). The Balaban J connectivity index is 1.97. The molecule has 10 heavy (non-hydrogen) atoms. The minimum absolute atomic E-state index is 0.619. The summed E-state index contributed by atoms with van der Waals surface area (Å²) in [6.45, 7) is 0. The van der Waals surface area contributed by atoms with Crippen LogP contribution in [0.3, 0.4) is 0 Å². The predicted octanol–water partition coefficient (Wildman–Crippen LogP) is 0.985. The Bertz CT molecular complexity index is 185. The highest BCUT2D eigenvalue weighted by Gasteiger charge is 2.25. The summed E-state index contributed by atoms with van der Waals surface area (Å²) in [6, 6.07) is 0.619. The number of aldehydes is 1. The van der Waals surface area contributed by atoms with Crippen molar-refractivity contribution < 1.29 is 4.79 Å². The minimum atomic E-state index is 0.619. The quantitative estimate of drug-likeness (QED) is 0.464. The molecule has 2 aliphatic carbocycles. The summed E-state index contributed by atoms with van der Waals surface area (Å²) in [7, 11) is 0. The zero-order valence-corrected chi connectivity index (χ0v) is 5.89. The van der Waals surface area contributed by atoms with Crippen molar-refractivity contribution in [3.05, 3.63) is 11.3 Å². The topological polar surface area (TPSA) is 29.1 Å². The SMILES string of the molecule is O=CC(NC1CC1)=C1CC1. The van der Waals surface area contributed by atoms with Crippen LogP contribution in [-0.4, -0.2) is 12.3 Å². The first-order valence-corrected chi connectivity index (χ1v) is 3.84. The fourth-order valence-corrected chi connectivity index (χ4v) is 0.999. The molecule has 2 heteroatoms. The van der Waals surface area contributed by atoms with Crippen LogP contribution >= 0.6 is 0 Å². The fraction of sp³-hybridized carbons (Fsp3) is 0.625. The Morgan fingerprint density at radius 1 is 1.50 bits per heavy atom. The van der Waals surface area contributed by atoms with E-state index >= 15 is 0 Å². The minimum Gasteiger partial charge on any atom is -0.380 e. The Hall–Kier alpha value is -0.790. The zero-order chi connectivity index (χ0) is 6.97. The molecular weight excluding hydrogens is 126 g/mol. The van der Waals surface area contributed by atoms with E-state index in [2.05, 4.69) is 5.32 Å². The summed E-state index contributed by atoms with van der Waals surface area (Å²) in [5.41, 5.74) is 2.20. The van der Waals surface area contributed by atoms with Crippen molar-refractivity contribution in [1.29, 1.82) is 0 Å². The van der Waals surface area contributed by atoms with E-state index < -0.39 is 0 Å². The average Bonchev–Trinajstić information content (AvgIpc) is 2.76. The predicted molar refractivity (Wildman–Crippen MR) is 38.5 cm³/mol.